The Balaban J connectivity index is 2.24. The summed E-state index contributed by atoms with van der Waals surface area (Å²) in [6.07, 6.45) is 3.60. The van der Waals surface area contributed by atoms with E-state index >= 15 is 0 Å². The van der Waals surface area contributed by atoms with Crippen molar-refractivity contribution in [1.29, 1.82) is 0 Å². The SMILES string of the molecule is CC(N)(c1cccnc1)c1cccc2ccccc12. The molecular formula is C17H16N2. The van der Waals surface area contributed by atoms with Gasteiger partial charge in [0.1, 0.15) is 0 Å². The van der Waals surface area contributed by atoms with Crippen molar-refractivity contribution < 1.29 is 0 Å². The largest absolute Gasteiger partial charge is 0.318 e. The first-order chi connectivity index (χ1) is 9.19. The molecule has 0 aliphatic carbocycles. The molecular weight excluding hydrogens is 232 g/mol. The van der Waals surface area contributed by atoms with Gasteiger partial charge in [0, 0.05) is 12.4 Å². The Kier molecular flexibility index (Phi) is 2.80. The molecule has 2 aromatic carbocycles. The number of fused-ring (bicyclic) bond motifs is 1. The van der Waals surface area contributed by atoms with E-state index in [1.165, 1.54) is 10.8 Å². The molecule has 94 valence electrons. The van der Waals surface area contributed by atoms with Crippen LogP contribution in [0.4, 0.5) is 0 Å². The summed E-state index contributed by atoms with van der Waals surface area (Å²) in [5, 5.41) is 2.40. The number of hydrogen-bond donors (Lipinski definition) is 1. The highest BCUT2D eigenvalue weighted by atomic mass is 14.7. The van der Waals surface area contributed by atoms with Gasteiger partial charge < -0.3 is 5.73 Å². The highest BCUT2D eigenvalue weighted by molar-refractivity contribution is 5.87. The van der Waals surface area contributed by atoms with Crippen molar-refractivity contribution >= 4 is 10.8 Å². The van der Waals surface area contributed by atoms with Crippen molar-refractivity contribution in [2.24, 2.45) is 5.73 Å². The minimum atomic E-state index is -0.547. The second-order valence-electron chi connectivity index (χ2n) is 4.97. The molecule has 0 saturated heterocycles. The van der Waals surface area contributed by atoms with Gasteiger partial charge in [-0.15, -0.1) is 0 Å². The van der Waals surface area contributed by atoms with Gasteiger partial charge in [-0.3, -0.25) is 4.98 Å². The third kappa shape index (κ3) is 2.00. The molecule has 1 aromatic heterocycles. The maximum atomic E-state index is 6.59. The smallest absolute Gasteiger partial charge is 0.0658 e. The van der Waals surface area contributed by atoms with Gasteiger partial charge in [0.15, 0.2) is 0 Å². The summed E-state index contributed by atoms with van der Waals surface area (Å²) >= 11 is 0. The van der Waals surface area contributed by atoms with Gasteiger partial charge in [0.05, 0.1) is 5.54 Å². The number of nitrogens with two attached hydrogens (primary N) is 1. The molecule has 0 fully saturated rings. The van der Waals surface area contributed by atoms with Gasteiger partial charge in [0.2, 0.25) is 0 Å². The van der Waals surface area contributed by atoms with Gasteiger partial charge in [-0.25, -0.2) is 0 Å². The Hall–Kier alpha value is -2.19. The van der Waals surface area contributed by atoms with Gasteiger partial charge in [-0.1, -0.05) is 48.5 Å². The van der Waals surface area contributed by atoms with Crippen molar-refractivity contribution in [1.82, 2.24) is 4.98 Å². The maximum Gasteiger partial charge on any atom is 0.0658 e. The molecule has 1 unspecified atom stereocenters. The Labute approximate surface area is 112 Å². The number of pyridine rings is 1. The van der Waals surface area contributed by atoms with E-state index < -0.39 is 5.54 Å². The van der Waals surface area contributed by atoms with Crippen LogP contribution in [0.1, 0.15) is 18.1 Å². The van der Waals surface area contributed by atoms with Crippen LogP contribution >= 0.6 is 0 Å². The average Bonchev–Trinajstić information content (AvgIpc) is 2.47. The lowest BCUT2D eigenvalue weighted by Gasteiger charge is -2.27. The van der Waals surface area contributed by atoms with Gasteiger partial charge in [-0.05, 0) is 34.9 Å². The molecule has 1 heterocycles. The van der Waals surface area contributed by atoms with E-state index in [1.807, 2.05) is 37.4 Å². The van der Waals surface area contributed by atoms with Gasteiger partial charge in [-0.2, -0.15) is 0 Å². The molecule has 3 aromatic rings. The fraction of sp³-hybridized carbons (Fsp3) is 0.118. The zero-order valence-electron chi connectivity index (χ0n) is 10.9. The van der Waals surface area contributed by atoms with Crippen LogP contribution in [0.25, 0.3) is 10.8 Å². The van der Waals surface area contributed by atoms with Crippen LogP contribution in [0, 0.1) is 0 Å². The van der Waals surface area contributed by atoms with Crippen LogP contribution in [-0.4, -0.2) is 4.98 Å². The molecule has 0 bridgehead atoms. The van der Waals surface area contributed by atoms with Crippen molar-refractivity contribution in [3.8, 4) is 0 Å². The van der Waals surface area contributed by atoms with Crippen LogP contribution in [0.5, 0.6) is 0 Å². The third-order valence-corrected chi connectivity index (χ3v) is 3.61. The number of benzene rings is 2. The minimum absolute atomic E-state index is 0.547. The Morgan fingerprint density at radius 2 is 1.74 bits per heavy atom. The predicted octanol–water partition coefficient (Wildman–Crippen LogP) is 3.46. The third-order valence-electron chi connectivity index (χ3n) is 3.61. The fourth-order valence-electron chi connectivity index (χ4n) is 2.50. The fourth-order valence-corrected chi connectivity index (χ4v) is 2.50. The lowest BCUT2D eigenvalue weighted by Crippen LogP contribution is -2.34. The molecule has 19 heavy (non-hydrogen) atoms. The highest BCUT2D eigenvalue weighted by Crippen LogP contribution is 2.31. The van der Waals surface area contributed by atoms with Crippen LogP contribution in [0.15, 0.2) is 67.0 Å². The molecule has 0 amide bonds. The summed E-state index contributed by atoms with van der Waals surface area (Å²) in [5.41, 5.74) is 8.18. The first-order valence-corrected chi connectivity index (χ1v) is 6.37. The summed E-state index contributed by atoms with van der Waals surface area (Å²) in [7, 11) is 0. The van der Waals surface area contributed by atoms with E-state index in [4.69, 9.17) is 5.73 Å². The molecule has 0 spiro atoms. The van der Waals surface area contributed by atoms with E-state index in [1.54, 1.807) is 6.20 Å². The summed E-state index contributed by atoms with van der Waals surface area (Å²) in [6, 6.07) is 18.5. The zero-order chi connectivity index (χ0) is 13.3. The first-order valence-electron chi connectivity index (χ1n) is 6.37. The van der Waals surface area contributed by atoms with Crippen molar-refractivity contribution in [3.63, 3.8) is 0 Å². The molecule has 2 N–H and O–H groups in total. The molecule has 2 nitrogen and oxygen atoms in total. The second-order valence-corrected chi connectivity index (χ2v) is 4.97. The number of aromatic nitrogens is 1. The summed E-state index contributed by atoms with van der Waals surface area (Å²) in [5.74, 6) is 0. The normalized spacial score (nSPS) is 14.2. The topological polar surface area (TPSA) is 38.9 Å². The van der Waals surface area contributed by atoms with Crippen LogP contribution in [0.2, 0.25) is 0 Å². The Morgan fingerprint density at radius 3 is 2.53 bits per heavy atom. The lowest BCUT2D eigenvalue weighted by molar-refractivity contribution is 0.606. The Bertz CT molecular complexity index is 697. The van der Waals surface area contributed by atoms with Crippen LogP contribution < -0.4 is 5.73 Å². The molecule has 0 aliphatic heterocycles. The standard InChI is InChI=1S/C17H16N2/c1-17(18,14-8-5-11-19-12-14)16-10-4-7-13-6-2-3-9-15(13)16/h2-12H,18H2,1H3. The molecule has 0 aliphatic rings. The van der Waals surface area contributed by atoms with Crippen molar-refractivity contribution in [2.75, 3.05) is 0 Å². The monoisotopic (exact) mass is 248 g/mol. The zero-order valence-corrected chi connectivity index (χ0v) is 10.9. The molecule has 0 saturated carbocycles. The number of nitrogens with zero attached hydrogens (tertiary/aromatic N) is 1. The lowest BCUT2D eigenvalue weighted by atomic mass is 9.84. The Morgan fingerprint density at radius 1 is 0.947 bits per heavy atom. The number of hydrogen-bond acceptors (Lipinski definition) is 2. The van der Waals surface area contributed by atoms with Gasteiger partial charge >= 0.3 is 0 Å². The molecule has 0 radical (unpaired) electrons. The number of rotatable bonds is 2. The van der Waals surface area contributed by atoms with E-state index in [0.717, 1.165) is 11.1 Å². The van der Waals surface area contributed by atoms with Crippen LogP contribution in [-0.2, 0) is 5.54 Å². The van der Waals surface area contributed by atoms with Crippen molar-refractivity contribution in [3.05, 3.63) is 78.1 Å². The van der Waals surface area contributed by atoms with Crippen LogP contribution in [0.3, 0.4) is 0 Å². The van der Waals surface area contributed by atoms with Gasteiger partial charge in [0.25, 0.3) is 0 Å². The second kappa shape index (κ2) is 4.48. The quantitative estimate of drug-likeness (QED) is 0.754. The van der Waals surface area contributed by atoms with E-state index in [9.17, 15) is 0 Å². The first kappa shape index (κ1) is 11.9. The summed E-state index contributed by atoms with van der Waals surface area (Å²) in [6.45, 7) is 2.03. The van der Waals surface area contributed by atoms with Crippen molar-refractivity contribution in [2.45, 2.75) is 12.5 Å². The summed E-state index contributed by atoms with van der Waals surface area (Å²) in [4.78, 5) is 4.18. The molecule has 1 atom stereocenters. The van der Waals surface area contributed by atoms with E-state index in [0.29, 0.717) is 0 Å². The maximum absolute atomic E-state index is 6.59. The molecule has 2 heteroatoms. The minimum Gasteiger partial charge on any atom is -0.318 e. The average molecular weight is 248 g/mol. The molecule has 3 rings (SSSR count). The predicted molar refractivity (Wildman–Crippen MR) is 78.8 cm³/mol. The van der Waals surface area contributed by atoms with E-state index in [-0.39, 0.29) is 0 Å². The summed E-state index contributed by atoms with van der Waals surface area (Å²) < 4.78 is 0. The van der Waals surface area contributed by atoms with E-state index in [2.05, 4.69) is 35.3 Å². The highest BCUT2D eigenvalue weighted by Gasteiger charge is 2.25.